The third kappa shape index (κ3) is 5.39. The summed E-state index contributed by atoms with van der Waals surface area (Å²) in [6, 6.07) is 10.3. The lowest BCUT2D eigenvalue weighted by Gasteiger charge is -2.25. The van der Waals surface area contributed by atoms with Crippen LogP contribution in [0, 0.1) is 0 Å². The molecule has 1 aliphatic heterocycles. The normalized spacial score (nSPS) is 20.9. The minimum absolute atomic E-state index is 0.0138. The largest absolute Gasteiger partial charge is 0.496 e. The van der Waals surface area contributed by atoms with Crippen molar-refractivity contribution in [2.75, 3.05) is 13.7 Å². The summed E-state index contributed by atoms with van der Waals surface area (Å²) in [5.74, 6) is 0.597. The molecule has 1 amide bonds. The van der Waals surface area contributed by atoms with Crippen LogP contribution in [0.2, 0.25) is 0 Å². The van der Waals surface area contributed by atoms with Crippen LogP contribution in [0.3, 0.4) is 0 Å². The maximum atomic E-state index is 13.6. The van der Waals surface area contributed by atoms with Crippen LogP contribution < -0.4 is 4.74 Å². The molecule has 1 N–H and O–H groups in total. The van der Waals surface area contributed by atoms with Gasteiger partial charge >= 0.3 is 18.4 Å². The lowest BCUT2D eigenvalue weighted by atomic mass is 9.89. The molecule has 2 atom stereocenters. The first-order chi connectivity index (χ1) is 20.7. The molecule has 0 spiro atoms. The Kier molecular flexibility index (Phi) is 7.38. The van der Waals surface area contributed by atoms with Crippen molar-refractivity contribution in [1.82, 2.24) is 4.90 Å². The van der Waals surface area contributed by atoms with Gasteiger partial charge in [0.15, 0.2) is 0 Å². The molecule has 1 saturated heterocycles. The Hall–Kier alpha value is -3.73. The van der Waals surface area contributed by atoms with E-state index in [0.29, 0.717) is 17.9 Å². The zero-order valence-corrected chi connectivity index (χ0v) is 24.1. The quantitative estimate of drug-likeness (QED) is 0.273. The van der Waals surface area contributed by atoms with Crippen LogP contribution in [0.25, 0.3) is 11.1 Å². The number of carbonyl (C=O) groups is 1. The van der Waals surface area contributed by atoms with Gasteiger partial charge in [0, 0.05) is 11.0 Å². The van der Waals surface area contributed by atoms with E-state index >= 15 is 0 Å². The number of nitrogens with zero attached hydrogens (tertiary/aromatic N) is 1. The number of carbonyl (C=O) groups excluding carboxylic acids is 1. The van der Waals surface area contributed by atoms with Crippen LogP contribution in [0.1, 0.15) is 71.2 Å². The Bertz CT molecular complexity index is 1580. The topological polar surface area (TPSA) is 59.0 Å². The molecule has 0 bridgehead atoms. The van der Waals surface area contributed by atoms with Gasteiger partial charge in [0.1, 0.15) is 11.9 Å². The minimum Gasteiger partial charge on any atom is -0.496 e. The molecule has 3 aromatic rings. The number of cyclic esters (lactones) is 1. The lowest BCUT2D eigenvalue weighted by Crippen LogP contribution is -2.31. The molecule has 0 radical (unpaired) electrons. The van der Waals surface area contributed by atoms with Crippen LogP contribution in [0.4, 0.5) is 31.1 Å². The zero-order valence-electron chi connectivity index (χ0n) is 24.1. The predicted molar refractivity (Wildman–Crippen MR) is 149 cm³/mol. The molecule has 1 saturated carbocycles. The molecule has 44 heavy (non-hydrogen) atoms. The van der Waals surface area contributed by atoms with Gasteiger partial charge in [-0.05, 0) is 103 Å². The van der Waals surface area contributed by atoms with Crippen molar-refractivity contribution in [3.05, 3.63) is 87.5 Å². The number of hydrogen-bond acceptors (Lipinski definition) is 4. The average molecular weight is 620 g/mol. The lowest BCUT2D eigenvalue weighted by molar-refractivity contribution is -0.143. The van der Waals surface area contributed by atoms with Crippen molar-refractivity contribution in [2.45, 2.75) is 75.5 Å². The van der Waals surface area contributed by atoms with E-state index in [4.69, 9.17) is 9.47 Å². The molecular weight excluding hydrogens is 588 g/mol. The van der Waals surface area contributed by atoms with Crippen molar-refractivity contribution in [3.63, 3.8) is 0 Å². The number of amides is 1. The number of alkyl halides is 6. The van der Waals surface area contributed by atoms with Crippen molar-refractivity contribution in [1.29, 1.82) is 0 Å². The summed E-state index contributed by atoms with van der Waals surface area (Å²) in [7, 11) is 1.55. The summed E-state index contributed by atoms with van der Waals surface area (Å²) in [6.07, 6.45) is -7.82. The fraction of sp³-hybridized carbons (Fsp3) is 0.424. The standard InChI is InChI=1S/C33H31F6NO4/c1-18-29(21-11-24(32(34,35)36)14-25(12-21)33(37,38)39)44-30(42)40(18)16-22-10-19-4-3-5-20(19)13-26(22)27-15-23(6-7-28(27)43-2)31(17-41)8-9-31/h6-7,10-15,18,29,41H,3-5,8-9,16-17H2,1-2H3/t18-,29-/m0/s1. The SMILES string of the molecule is COc1ccc(C2(CO)CC2)cc1-c1cc2c(cc1CN1C(=O)O[C@H](c3cc(C(F)(F)F)cc(C(F)(F)F)c3)[C@@H]1C)CCC2. The maximum Gasteiger partial charge on any atom is 0.416 e. The highest BCUT2D eigenvalue weighted by Gasteiger charge is 2.45. The maximum absolute atomic E-state index is 13.6. The van der Waals surface area contributed by atoms with Gasteiger partial charge in [-0.25, -0.2) is 4.79 Å². The molecule has 234 valence electrons. The summed E-state index contributed by atoms with van der Waals surface area (Å²) in [5.41, 5.74) is 1.98. The van der Waals surface area contributed by atoms with Gasteiger partial charge in [0.2, 0.25) is 0 Å². The number of rotatable bonds is 7. The second-order valence-electron chi connectivity index (χ2n) is 12.0. The smallest absolute Gasteiger partial charge is 0.416 e. The van der Waals surface area contributed by atoms with Crippen molar-refractivity contribution in [2.24, 2.45) is 0 Å². The molecule has 2 fully saturated rings. The number of hydrogen-bond donors (Lipinski definition) is 1. The number of aliphatic hydroxyl groups is 1. The molecule has 6 rings (SSSR count). The number of aryl methyl sites for hydroxylation is 2. The summed E-state index contributed by atoms with van der Waals surface area (Å²) in [4.78, 5) is 14.5. The van der Waals surface area contributed by atoms with Crippen LogP contribution in [0.5, 0.6) is 5.75 Å². The summed E-state index contributed by atoms with van der Waals surface area (Å²) >= 11 is 0. The van der Waals surface area contributed by atoms with E-state index in [-0.39, 0.29) is 30.2 Å². The molecular formula is C33H31F6NO4. The molecule has 0 aromatic heterocycles. The van der Waals surface area contributed by atoms with Gasteiger partial charge in [0.05, 0.1) is 37.4 Å². The van der Waals surface area contributed by atoms with E-state index in [1.165, 1.54) is 4.90 Å². The highest BCUT2D eigenvalue weighted by Crippen LogP contribution is 2.50. The van der Waals surface area contributed by atoms with Gasteiger partial charge in [-0.1, -0.05) is 18.2 Å². The summed E-state index contributed by atoms with van der Waals surface area (Å²) in [5, 5.41) is 10.1. The Balaban J connectivity index is 1.39. The highest BCUT2D eigenvalue weighted by molar-refractivity contribution is 5.77. The number of methoxy groups -OCH3 is 1. The van der Waals surface area contributed by atoms with E-state index in [9.17, 15) is 36.2 Å². The van der Waals surface area contributed by atoms with Crippen LogP contribution in [-0.2, 0) is 41.9 Å². The highest BCUT2D eigenvalue weighted by atomic mass is 19.4. The predicted octanol–water partition coefficient (Wildman–Crippen LogP) is 7.99. The van der Waals surface area contributed by atoms with E-state index in [1.807, 2.05) is 24.3 Å². The van der Waals surface area contributed by atoms with Crippen molar-refractivity contribution < 1.29 is 45.7 Å². The molecule has 2 aliphatic carbocycles. The Morgan fingerprint density at radius 3 is 2.14 bits per heavy atom. The van der Waals surface area contributed by atoms with Gasteiger partial charge in [-0.2, -0.15) is 26.3 Å². The van der Waals surface area contributed by atoms with Crippen LogP contribution >= 0.6 is 0 Å². The van der Waals surface area contributed by atoms with E-state index < -0.39 is 41.7 Å². The second kappa shape index (κ2) is 10.7. The molecule has 1 heterocycles. The zero-order chi connectivity index (χ0) is 31.6. The van der Waals surface area contributed by atoms with Crippen LogP contribution in [0.15, 0.2) is 48.5 Å². The van der Waals surface area contributed by atoms with Gasteiger partial charge in [-0.15, -0.1) is 0 Å². The Morgan fingerprint density at radius 2 is 1.57 bits per heavy atom. The average Bonchev–Trinajstić information content (AvgIpc) is 3.57. The molecule has 11 heteroatoms. The van der Waals surface area contributed by atoms with E-state index in [0.717, 1.165) is 65.5 Å². The van der Waals surface area contributed by atoms with E-state index in [1.54, 1.807) is 14.0 Å². The monoisotopic (exact) mass is 619 g/mol. The number of ether oxygens (including phenoxy) is 2. The fourth-order valence-electron chi connectivity index (χ4n) is 6.48. The first-order valence-electron chi connectivity index (χ1n) is 14.4. The van der Waals surface area contributed by atoms with Crippen molar-refractivity contribution >= 4 is 6.09 Å². The fourth-order valence-corrected chi connectivity index (χ4v) is 6.48. The first-order valence-corrected chi connectivity index (χ1v) is 14.4. The Morgan fingerprint density at radius 1 is 0.932 bits per heavy atom. The summed E-state index contributed by atoms with van der Waals surface area (Å²) in [6.45, 7) is 1.58. The second-order valence-corrected chi connectivity index (χ2v) is 12.0. The van der Waals surface area contributed by atoms with Gasteiger partial charge in [0.25, 0.3) is 0 Å². The summed E-state index contributed by atoms with van der Waals surface area (Å²) < 4.78 is 92.5. The first kappa shape index (κ1) is 30.3. The minimum atomic E-state index is -5.02. The molecule has 0 unspecified atom stereocenters. The molecule has 3 aromatic carbocycles. The van der Waals surface area contributed by atoms with Crippen LogP contribution in [-0.4, -0.2) is 35.9 Å². The third-order valence-corrected chi connectivity index (χ3v) is 9.25. The Labute approximate surface area is 250 Å². The number of benzene rings is 3. The number of aliphatic hydroxyl groups excluding tert-OH is 1. The van der Waals surface area contributed by atoms with Crippen molar-refractivity contribution in [3.8, 4) is 16.9 Å². The number of halogens is 6. The number of fused-ring (bicyclic) bond motifs is 1. The van der Waals surface area contributed by atoms with E-state index in [2.05, 4.69) is 6.07 Å². The third-order valence-electron chi connectivity index (χ3n) is 9.25. The van der Waals surface area contributed by atoms with Gasteiger partial charge < -0.3 is 14.6 Å². The molecule has 5 nitrogen and oxygen atoms in total. The van der Waals surface area contributed by atoms with Gasteiger partial charge in [-0.3, -0.25) is 4.90 Å². The molecule has 3 aliphatic rings.